The molecule has 1 amide bonds. The van der Waals surface area contributed by atoms with Crippen molar-refractivity contribution in [3.63, 3.8) is 0 Å². The number of aromatic nitrogens is 3. The zero-order valence-electron chi connectivity index (χ0n) is 15.2. The van der Waals surface area contributed by atoms with Crippen LogP contribution in [0.2, 0.25) is 0 Å². The first-order chi connectivity index (χ1) is 13.7. The maximum absolute atomic E-state index is 12.4. The highest BCUT2D eigenvalue weighted by Crippen LogP contribution is 2.25. The lowest BCUT2D eigenvalue weighted by Crippen LogP contribution is -2.28. The van der Waals surface area contributed by atoms with Crippen LogP contribution in [-0.4, -0.2) is 26.8 Å². The summed E-state index contributed by atoms with van der Waals surface area (Å²) in [6.45, 7) is 1.98. The summed E-state index contributed by atoms with van der Waals surface area (Å²) in [6, 6.07) is 17.8. The third-order valence-electron chi connectivity index (χ3n) is 4.31. The van der Waals surface area contributed by atoms with E-state index in [1.54, 1.807) is 18.5 Å². The zero-order valence-corrected chi connectivity index (χ0v) is 16.0. The highest BCUT2D eigenvalue weighted by Gasteiger charge is 2.15. The number of amides is 1. The molecule has 2 heterocycles. The van der Waals surface area contributed by atoms with Crippen LogP contribution in [0.3, 0.4) is 0 Å². The lowest BCUT2D eigenvalue weighted by Gasteiger charge is -2.16. The predicted molar refractivity (Wildman–Crippen MR) is 109 cm³/mol. The van der Waals surface area contributed by atoms with E-state index >= 15 is 0 Å². The number of hydrogen-bond donors (Lipinski definition) is 1. The molecule has 0 radical (unpaired) electrons. The number of carbonyl (C=O) groups excluding carboxylic acids is 1. The van der Waals surface area contributed by atoms with Crippen LogP contribution in [0.4, 0.5) is 0 Å². The smallest absolute Gasteiger partial charge is 0.277 e. The molecule has 0 aliphatic rings. The molecule has 2 aromatic heterocycles. The molecule has 0 saturated carbocycles. The molecule has 7 heteroatoms. The van der Waals surface area contributed by atoms with Gasteiger partial charge in [-0.2, -0.15) is 0 Å². The van der Waals surface area contributed by atoms with Crippen molar-refractivity contribution in [2.45, 2.75) is 18.2 Å². The van der Waals surface area contributed by atoms with E-state index in [1.165, 1.54) is 11.8 Å². The van der Waals surface area contributed by atoms with Crippen LogP contribution in [0, 0.1) is 0 Å². The van der Waals surface area contributed by atoms with E-state index in [-0.39, 0.29) is 17.7 Å². The number of benzene rings is 2. The van der Waals surface area contributed by atoms with Crippen molar-refractivity contribution in [1.29, 1.82) is 0 Å². The van der Waals surface area contributed by atoms with Gasteiger partial charge < -0.3 is 9.73 Å². The fourth-order valence-electron chi connectivity index (χ4n) is 2.99. The normalized spacial score (nSPS) is 12.0. The number of carbonyl (C=O) groups is 1. The van der Waals surface area contributed by atoms with E-state index < -0.39 is 0 Å². The van der Waals surface area contributed by atoms with Gasteiger partial charge in [-0.15, -0.1) is 10.2 Å². The average molecular weight is 390 g/mol. The number of rotatable bonds is 6. The second-order valence-electron chi connectivity index (χ2n) is 6.26. The SMILES string of the molecule is C[C@H](NC(=O)CSc1nnc(-c2cccnc2)o1)c1cccc2ccccc12. The van der Waals surface area contributed by atoms with E-state index in [9.17, 15) is 4.79 Å². The van der Waals surface area contributed by atoms with Crippen molar-refractivity contribution in [1.82, 2.24) is 20.5 Å². The number of nitrogens with zero attached hydrogens (tertiary/aromatic N) is 3. The van der Waals surface area contributed by atoms with Crippen LogP contribution in [0.25, 0.3) is 22.2 Å². The Morgan fingerprint density at radius 3 is 2.82 bits per heavy atom. The number of thioether (sulfide) groups is 1. The number of pyridine rings is 1. The van der Waals surface area contributed by atoms with Gasteiger partial charge in [0.2, 0.25) is 11.8 Å². The molecule has 0 unspecified atom stereocenters. The summed E-state index contributed by atoms with van der Waals surface area (Å²) in [7, 11) is 0. The molecule has 4 rings (SSSR count). The third kappa shape index (κ3) is 4.04. The van der Waals surface area contributed by atoms with Crippen LogP contribution in [0.15, 0.2) is 76.6 Å². The highest BCUT2D eigenvalue weighted by atomic mass is 32.2. The molecule has 6 nitrogen and oxygen atoms in total. The number of fused-ring (bicyclic) bond motifs is 1. The monoisotopic (exact) mass is 390 g/mol. The molecule has 0 saturated heterocycles. The Morgan fingerprint density at radius 1 is 1.11 bits per heavy atom. The number of nitrogens with one attached hydrogen (secondary N) is 1. The predicted octanol–water partition coefficient (Wildman–Crippen LogP) is 4.25. The van der Waals surface area contributed by atoms with E-state index in [1.807, 2.05) is 37.3 Å². The van der Waals surface area contributed by atoms with Crippen LogP contribution in [0.5, 0.6) is 0 Å². The van der Waals surface area contributed by atoms with Gasteiger partial charge in [-0.25, -0.2) is 0 Å². The summed E-state index contributed by atoms with van der Waals surface area (Å²) in [5.41, 5.74) is 1.84. The molecule has 0 fully saturated rings. The van der Waals surface area contributed by atoms with E-state index in [4.69, 9.17) is 4.42 Å². The van der Waals surface area contributed by atoms with Gasteiger partial charge in [0.15, 0.2) is 0 Å². The maximum atomic E-state index is 12.4. The van der Waals surface area contributed by atoms with Crippen molar-refractivity contribution < 1.29 is 9.21 Å². The van der Waals surface area contributed by atoms with Crippen LogP contribution >= 0.6 is 11.8 Å². The van der Waals surface area contributed by atoms with Crippen molar-refractivity contribution >= 4 is 28.4 Å². The van der Waals surface area contributed by atoms with Crippen LogP contribution in [0.1, 0.15) is 18.5 Å². The van der Waals surface area contributed by atoms with Gasteiger partial charge in [0.05, 0.1) is 17.4 Å². The molecule has 1 N–H and O–H groups in total. The van der Waals surface area contributed by atoms with Crippen LogP contribution in [-0.2, 0) is 4.79 Å². The molecule has 0 aliphatic heterocycles. The summed E-state index contributed by atoms with van der Waals surface area (Å²) < 4.78 is 5.59. The second kappa shape index (κ2) is 8.22. The molecule has 0 bridgehead atoms. The van der Waals surface area contributed by atoms with Crippen molar-refractivity contribution in [2.75, 3.05) is 5.75 Å². The highest BCUT2D eigenvalue weighted by molar-refractivity contribution is 7.99. The number of hydrogen-bond acceptors (Lipinski definition) is 6. The first kappa shape index (κ1) is 18.2. The third-order valence-corrected chi connectivity index (χ3v) is 5.13. The van der Waals surface area contributed by atoms with Gasteiger partial charge in [-0.3, -0.25) is 9.78 Å². The Bertz CT molecular complexity index is 1090. The second-order valence-corrected chi connectivity index (χ2v) is 7.19. The Labute approximate surface area is 166 Å². The van der Waals surface area contributed by atoms with Gasteiger partial charge in [-0.1, -0.05) is 54.2 Å². The zero-order chi connectivity index (χ0) is 19.3. The summed E-state index contributed by atoms with van der Waals surface area (Å²) in [4.78, 5) is 16.4. The molecule has 140 valence electrons. The molecule has 0 aliphatic carbocycles. The fraction of sp³-hybridized carbons (Fsp3) is 0.143. The minimum atomic E-state index is -0.104. The van der Waals surface area contributed by atoms with Crippen molar-refractivity contribution in [3.8, 4) is 11.5 Å². The summed E-state index contributed by atoms with van der Waals surface area (Å²) >= 11 is 1.21. The summed E-state index contributed by atoms with van der Waals surface area (Å²) in [5, 5.41) is 13.7. The van der Waals surface area contributed by atoms with Gasteiger partial charge in [0.25, 0.3) is 5.22 Å². The molecular weight excluding hydrogens is 372 g/mol. The quantitative estimate of drug-likeness (QED) is 0.496. The molecule has 4 aromatic rings. The van der Waals surface area contributed by atoms with Crippen molar-refractivity contribution in [3.05, 3.63) is 72.6 Å². The molecule has 0 spiro atoms. The standard InChI is InChI=1S/C21H18N4O2S/c1-14(17-10-4-7-15-6-2-3-9-18(15)17)23-19(26)13-28-21-25-24-20(27-21)16-8-5-11-22-12-16/h2-12,14H,13H2,1H3,(H,23,26)/t14-/m0/s1. The van der Waals surface area contributed by atoms with E-state index in [0.717, 1.165) is 21.9 Å². The molecule has 1 atom stereocenters. The minimum absolute atomic E-state index is 0.0911. The topological polar surface area (TPSA) is 80.9 Å². The van der Waals surface area contributed by atoms with E-state index in [0.29, 0.717) is 11.1 Å². The van der Waals surface area contributed by atoms with Crippen LogP contribution < -0.4 is 5.32 Å². The molecule has 2 aromatic carbocycles. The largest absolute Gasteiger partial charge is 0.411 e. The first-order valence-electron chi connectivity index (χ1n) is 8.84. The summed E-state index contributed by atoms with van der Waals surface area (Å²) in [5.74, 6) is 0.496. The van der Waals surface area contributed by atoms with E-state index in [2.05, 4.69) is 38.7 Å². The van der Waals surface area contributed by atoms with Crippen molar-refractivity contribution in [2.24, 2.45) is 0 Å². The minimum Gasteiger partial charge on any atom is -0.411 e. The summed E-state index contributed by atoms with van der Waals surface area (Å²) in [6.07, 6.45) is 3.33. The molecule has 28 heavy (non-hydrogen) atoms. The Balaban J connectivity index is 1.37. The maximum Gasteiger partial charge on any atom is 0.277 e. The Hall–Kier alpha value is -3.19. The Morgan fingerprint density at radius 2 is 1.96 bits per heavy atom. The van der Waals surface area contributed by atoms with Gasteiger partial charge in [-0.05, 0) is 35.4 Å². The Kier molecular flexibility index (Phi) is 5.34. The van der Waals surface area contributed by atoms with Gasteiger partial charge in [0.1, 0.15) is 0 Å². The lowest BCUT2D eigenvalue weighted by atomic mass is 10.00. The average Bonchev–Trinajstić information content (AvgIpc) is 3.21. The fourth-order valence-corrected chi connectivity index (χ4v) is 3.56. The lowest BCUT2D eigenvalue weighted by molar-refractivity contribution is -0.119. The van der Waals surface area contributed by atoms with Gasteiger partial charge in [0, 0.05) is 12.4 Å². The van der Waals surface area contributed by atoms with Gasteiger partial charge >= 0.3 is 0 Å². The first-order valence-corrected chi connectivity index (χ1v) is 9.83. The molecular formula is C21H18N4O2S.